The molecule has 1 amide bonds. The number of halogens is 5. The summed E-state index contributed by atoms with van der Waals surface area (Å²) < 4.78 is 85.0. The molecular weight excluding hydrogens is 504 g/mol. The van der Waals surface area contributed by atoms with Crippen LogP contribution in [0.25, 0.3) is 5.82 Å². The van der Waals surface area contributed by atoms with Crippen molar-refractivity contribution >= 4 is 27.5 Å². The van der Waals surface area contributed by atoms with Crippen LogP contribution in [0.3, 0.4) is 0 Å². The van der Waals surface area contributed by atoms with E-state index in [1.807, 2.05) is 0 Å². The average Bonchev–Trinajstić information content (AvgIpc) is 3.47. The standard InChI is InChI=1S/C20H15ClF4N4O4S/c21-27-17(30)14-5-6-15(26-18(14)34(31,32)13-3-1-12(22)2-4-13)29-10-7-16(28-29)33-11-19(8-9-19)20(23,24)25/h1-7,10H,8-9,11H2,(H,27,30). The minimum atomic E-state index is -4.40. The summed E-state index contributed by atoms with van der Waals surface area (Å²) in [5.74, 6) is -1.81. The smallest absolute Gasteiger partial charge is 0.397 e. The molecule has 0 radical (unpaired) electrons. The van der Waals surface area contributed by atoms with Gasteiger partial charge in [-0.05, 0) is 49.2 Å². The first-order valence-corrected chi connectivity index (χ1v) is 11.5. The Labute approximate surface area is 195 Å². The molecule has 0 saturated heterocycles. The van der Waals surface area contributed by atoms with Crippen LogP contribution in [0, 0.1) is 11.2 Å². The van der Waals surface area contributed by atoms with E-state index in [9.17, 15) is 30.8 Å². The lowest BCUT2D eigenvalue weighted by Crippen LogP contribution is -2.30. The Morgan fingerprint density at radius 2 is 1.82 bits per heavy atom. The Morgan fingerprint density at radius 1 is 1.15 bits per heavy atom. The third kappa shape index (κ3) is 4.44. The van der Waals surface area contributed by atoms with Gasteiger partial charge in [0.05, 0.1) is 10.5 Å². The molecule has 1 aliphatic carbocycles. The predicted molar refractivity (Wildman–Crippen MR) is 110 cm³/mol. The van der Waals surface area contributed by atoms with Gasteiger partial charge in [0.2, 0.25) is 15.7 Å². The fraction of sp³-hybridized carbons (Fsp3) is 0.250. The number of aromatic nitrogens is 3. The SMILES string of the molecule is O=C(NCl)c1ccc(-n2ccc(OCC3(C(F)(F)F)CC3)n2)nc1S(=O)(=O)c1ccc(F)cc1. The number of ether oxygens (including phenoxy) is 1. The Balaban J connectivity index is 1.67. The molecule has 0 unspecified atom stereocenters. The second-order valence-corrected chi connectivity index (χ2v) is 9.62. The van der Waals surface area contributed by atoms with E-state index in [1.54, 1.807) is 4.84 Å². The van der Waals surface area contributed by atoms with Crippen LogP contribution in [0.1, 0.15) is 23.2 Å². The molecule has 0 aliphatic heterocycles. The quantitative estimate of drug-likeness (QED) is 0.289. The van der Waals surface area contributed by atoms with Crippen LogP contribution in [0.4, 0.5) is 17.6 Å². The number of nitrogens with zero attached hydrogens (tertiary/aromatic N) is 3. The van der Waals surface area contributed by atoms with Gasteiger partial charge >= 0.3 is 6.18 Å². The molecular formula is C20H15ClF4N4O4S. The van der Waals surface area contributed by atoms with Crippen molar-refractivity contribution in [1.29, 1.82) is 0 Å². The van der Waals surface area contributed by atoms with E-state index >= 15 is 0 Å². The molecule has 3 aromatic rings. The molecule has 34 heavy (non-hydrogen) atoms. The van der Waals surface area contributed by atoms with Crippen molar-refractivity contribution in [2.24, 2.45) is 5.41 Å². The fourth-order valence-electron chi connectivity index (χ4n) is 3.10. The van der Waals surface area contributed by atoms with Crippen LogP contribution in [-0.4, -0.2) is 41.9 Å². The van der Waals surface area contributed by atoms with Crippen molar-refractivity contribution in [3.8, 4) is 11.7 Å². The molecule has 14 heteroatoms. The van der Waals surface area contributed by atoms with Gasteiger partial charge in [0.1, 0.15) is 17.8 Å². The van der Waals surface area contributed by atoms with Gasteiger partial charge in [-0.25, -0.2) is 22.5 Å². The number of carbonyl (C=O) groups excluding carboxylic acids is 1. The number of nitrogens with one attached hydrogen (secondary N) is 1. The second-order valence-electron chi connectivity index (χ2n) is 7.57. The summed E-state index contributed by atoms with van der Waals surface area (Å²) in [4.78, 5) is 17.6. The average molecular weight is 519 g/mol. The lowest BCUT2D eigenvalue weighted by molar-refractivity contribution is -0.194. The van der Waals surface area contributed by atoms with E-state index < -0.39 is 44.8 Å². The first-order chi connectivity index (χ1) is 16.0. The first kappa shape index (κ1) is 24.0. The number of pyridine rings is 1. The van der Waals surface area contributed by atoms with E-state index in [4.69, 9.17) is 16.5 Å². The first-order valence-electron chi connectivity index (χ1n) is 9.65. The Kier molecular flexibility index (Phi) is 6.02. The molecule has 1 fully saturated rings. The van der Waals surface area contributed by atoms with Crippen LogP contribution >= 0.6 is 11.8 Å². The van der Waals surface area contributed by atoms with Gasteiger partial charge in [-0.3, -0.25) is 9.63 Å². The fourth-order valence-corrected chi connectivity index (χ4v) is 4.58. The van der Waals surface area contributed by atoms with Gasteiger partial charge in [-0.2, -0.15) is 13.2 Å². The van der Waals surface area contributed by atoms with Crippen LogP contribution in [0.15, 0.2) is 58.6 Å². The van der Waals surface area contributed by atoms with E-state index in [1.165, 1.54) is 18.3 Å². The topological polar surface area (TPSA) is 103 Å². The maximum absolute atomic E-state index is 13.3. The van der Waals surface area contributed by atoms with Crippen molar-refractivity contribution in [3.63, 3.8) is 0 Å². The minimum absolute atomic E-state index is 0.0343. The summed E-state index contributed by atoms with van der Waals surface area (Å²) in [5.41, 5.74) is -2.27. The van der Waals surface area contributed by atoms with Crippen molar-refractivity contribution in [3.05, 3.63) is 60.0 Å². The summed E-state index contributed by atoms with van der Waals surface area (Å²) in [6.07, 6.45) is -3.15. The summed E-state index contributed by atoms with van der Waals surface area (Å²) in [6.45, 7) is -0.597. The van der Waals surface area contributed by atoms with Gasteiger partial charge in [-0.15, -0.1) is 5.10 Å². The van der Waals surface area contributed by atoms with Crippen molar-refractivity contribution in [2.75, 3.05) is 6.61 Å². The molecule has 1 aliphatic rings. The normalized spacial score (nSPS) is 15.1. The molecule has 2 heterocycles. The van der Waals surface area contributed by atoms with Gasteiger partial charge in [-0.1, -0.05) is 0 Å². The maximum atomic E-state index is 13.3. The van der Waals surface area contributed by atoms with Crippen LogP contribution < -0.4 is 9.57 Å². The molecule has 8 nitrogen and oxygen atoms in total. The lowest BCUT2D eigenvalue weighted by atomic mass is 10.1. The van der Waals surface area contributed by atoms with Crippen molar-refractivity contribution in [2.45, 2.75) is 28.9 Å². The summed E-state index contributed by atoms with van der Waals surface area (Å²) in [5, 5.41) is 3.31. The minimum Gasteiger partial charge on any atom is -0.476 e. The zero-order valence-electron chi connectivity index (χ0n) is 17.0. The monoisotopic (exact) mass is 518 g/mol. The van der Waals surface area contributed by atoms with Crippen LogP contribution in [0.5, 0.6) is 5.88 Å². The number of benzene rings is 1. The highest BCUT2D eigenvalue weighted by Gasteiger charge is 2.64. The molecule has 180 valence electrons. The Morgan fingerprint density at radius 3 is 2.41 bits per heavy atom. The number of carbonyl (C=O) groups is 1. The number of hydrogen-bond donors (Lipinski definition) is 1. The highest BCUT2D eigenvalue weighted by atomic mass is 35.5. The second kappa shape index (κ2) is 8.55. The highest BCUT2D eigenvalue weighted by molar-refractivity contribution is 7.91. The molecule has 0 bridgehead atoms. The van der Waals surface area contributed by atoms with E-state index in [0.717, 1.165) is 35.0 Å². The maximum Gasteiger partial charge on any atom is 0.397 e. The molecule has 0 atom stereocenters. The number of rotatable bonds is 7. The lowest BCUT2D eigenvalue weighted by Gasteiger charge is -2.18. The van der Waals surface area contributed by atoms with Crippen LogP contribution in [0.2, 0.25) is 0 Å². The third-order valence-corrected chi connectivity index (χ3v) is 7.19. The zero-order valence-corrected chi connectivity index (χ0v) is 18.6. The van der Waals surface area contributed by atoms with Crippen molar-refractivity contribution < 1.29 is 35.5 Å². The molecule has 2 aromatic heterocycles. The van der Waals surface area contributed by atoms with Gasteiger partial charge in [0.15, 0.2) is 10.8 Å². The summed E-state index contributed by atoms with van der Waals surface area (Å²) in [6, 6.07) is 7.58. The van der Waals surface area contributed by atoms with Crippen LogP contribution in [-0.2, 0) is 9.84 Å². The number of alkyl halides is 3. The molecule has 0 spiro atoms. The Bertz CT molecular complexity index is 1340. The van der Waals surface area contributed by atoms with Gasteiger partial charge in [0.25, 0.3) is 5.91 Å². The number of amides is 1. The third-order valence-electron chi connectivity index (χ3n) is 5.31. The van der Waals surface area contributed by atoms with Gasteiger partial charge in [0, 0.05) is 24.0 Å². The zero-order chi connectivity index (χ0) is 24.7. The molecule has 1 aromatic carbocycles. The molecule has 1 N–H and O–H groups in total. The van der Waals surface area contributed by atoms with E-state index in [-0.39, 0.29) is 35.0 Å². The molecule has 4 rings (SSSR count). The molecule has 1 saturated carbocycles. The van der Waals surface area contributed by atoms with Crippen molar-refractivity contribution in [1.82, 2.24) is 19.6 Å². The largest absolute Gasteiger partial charge is 0.476 e. The number of sulfone groups is 1. The van der Waals surface area contributed by atoms with Gasteiger partial charge < -0.3 is 4.74 Å². The van der Waals surface area contributed by atoms with E-state index in [0.29, 0.717) is 0 Å². The predicted octanol–water partition coefficient (Wildman–Crippen LogP) is 3.84. The summed E-state index contributed by atoms with van der Waals surface area (Å²) in [7, 11) is -4.40. The Hall–Kier alpha value is -3.19. The summed E-state index contributed by atoms with van der Waals surface area (Å²) >= 11 is 5.36. The number of hydrogen-bond acceptors (Lipinski definition) is 6. The highest BCUT2D eigenvalue weighted by Crippen LogP contribution is 2.57. The van der Waals surface area contributed by atoms with E-state index in [2.05, 4.69) is 10.1 Å².